The van der Waals surface area contributed by atoms with E-state index in [2.05, 4.69) is 59.3 Å². The standard InChI is InChI=1S/C22H34N8S/c1-2-23-21(30-17-15-28(16-18-30)20-6-3-19-31-20)26-9-5-10-27-11-13-29(14-12-27)22-24-7-4-8-25-22/h3-4,6-8,19H,2,5,9-18H2,1H3,(H,23,26). The minimum absolute atomic E-state index is 0.848. The topological polar surface area (TPSA) is 63.1 Å². The first kappa shape index (κ1) is 21.8. The van der Waals surface area contributed by atoms with Crippen molar-refractivity contribution in [2.24, 2.45) is 4.99 Å². The summed E-state index contributed by atoms with van der Waals surface area (Å²) in [6.07, 6.45) is 4.72. The molecule has 2 saturated heterocycles. The zero-order valence-corrected chi connectivity index (χ0v) is 19.3. The van der Waals surface area contributed by atoms with Crippen LogP contribution in [0.4, 0.5) is 10.9 Å². The summed E-state index contributed by atoms with van der Waals surface area (Å²) >= 11 is 1.83. The van der Waals surface area contributed by atoms with Crippen molar-refractivity contribution < 1.29 is 0 Å². The van der Waals surface area contributed by atoms with E-state index >= 15 is 0 Å². The van der Waals surface area contributed by atoms with Crippen LogP contribution in [0.15, 0.2) is 41.0 Å². The van der Waals surface area contributed by atoms with Crippen LogP contribution in [0.5, 0.6) is 0 Å². The number of aliphatic imine (C=N–C) groups is 1. The number of thiophene rings is 1. The van der Waals surface area contributed by atoms with Crippen LogP contribution in [0.2, 0.25) is 0 Å². The number of aromatic nitrogens is 2. The van der Waals surface area contributed by atoms with E-state index in [1.807, 2.05) is 29.8 Å². The summed E-state index contributed by atoms with van der Waals surface area (Å²) in [4.78, 5) is 23.4. The Kier molecular flexibility index (Phi) is 7.95. The maximum absolute atomic E-state index is 4.93. The number of nitrogens with one attached hydrogen (secondary N) is 1. The molecule has 0 saturated carbocycles. The second-order valence-electron chi connectivity index (χ2n) is 7.89. The van der Waals surface area contributed by atoms with E-state index in [1.54, 1.807) is 0 Å². The van der Waals surface area contributed by atoms with Crippen LogP contribution in [0.1, 0.15) is 13.3 Å². The van der Waals surface area contributed by atoms with Gasteiger partial charge in [-0.3, -0.25) is 9.89 Å². The number of anilines is 2. The molecule has 8 nitrogen and oxygen atoms in total. The van der Waals surface area contributed by atoms with Gasteiger partial charge in [-0.15, -0.1) is 11.3 Å². The Morgan fingerprint density at radius 2 is 1.74 bits per heavy atom. The average Bonchev–Trinajstić information content (AvgIpc) is 3.37. The van der Waals surface area contributed by atoms with Crippen molar-refractivity contribution in [1.29, 1.82) is 0 Å². The number of nitrogens with zero attached hydrogens (tertiary/aromatic N) is 7. The molecule has 4 heterocycles. The van der Waals surface area contributed by atoms with Crippen molar-refractivity contribution in [3.63, 3.8) is 0 Å². The largest absolute Gasteiger partial charge is 0.360 e. The van der Waals surface area contributed by atoms with E-state index in [1.165, 1.54) is 5.00 Å². The minimum atomic E-state index is 0.848. The molecule has 0 bridgehead atoms. The van der Waals surface area contributed by atoms with Crippen molar-refractivity contribution >= 4 is 28.2 Å². The molecule has 0 aliphatic carbocycles. The summed E-state index contributed by atoms with van der Waals surface area (Å²) in [6.45, 7) is 13.3. The summed E-state index contributed by atoms with van der Waals surface area (Å²) in [5, 5.41) is 7.02. The molecule has 0 amide bonds. The molecule has 0 atom stereocenters. The van der Waals surface area contributed by atoms with E-state index in [-0.39, 0.29) is 0 Å². The molecule has 2 aromatic rings. The van der Waals surface area contributed by atoms with Gasteiger partial charge in [-0.2, -0.15) is 0 Å². The van der Waals surface area contributed by atoms with Gasteiger partial charge in [0.25, 0.3) is 0 Å². The van der Waals surface area contributed by atoms with Gasteiger partial charge in [0, 0.05) is 84.4 Å². The molecule has 2 fully saturated rings. The average molecular weight is 443 g/mol. The van der Waals surface area contributed by atoms with Gasteiger partial charge in [-0.25, -0.2) is 9.97 Å². The number of piperazine rings is 2. The fraction of sp³-hybridized carbons (Fsp3) is 0.591. The van der Waals surface area contributed by atoms with Gasteiger partial charge in [0.15, 0.2) is 5.96 Å². The highest BCUT2D eigenvalue weighted by atomic mass is 32.1. The Morgan fingerprint density at radius 1 is 1.00 bits per heavy atom. The van der Waals surface area contributed by atoms with Crippen molar-refractivity contribution in [2.75, 3.05) is 81.8 Å². The summed E-state index contributed by atoms with van der Waals surface area (Å²) < 4.78 is 0. The Bertz CT molecular complexity index is 781. The molecular weight excluding hydrogens is 408 g/mol. The predicted molar refractivity (Wildman–Crippen MR) is 129 cm³/mol. The second-order valence-corrected chi connectivity index (χ2v) is 8.82. The van der Waals surface area contributed by atoms with Gasteiger partial charge >= 0.3 is 0 Å². The predicted octanol–water partition coefficient (Wildman–Crippen LogP) is 1.84. The molecule has 31 heavy (non-hydrogen) atoms. The van der Waals surface area contributed by atoms with E-state index in [9.17, 15) is 0 Å². The fourth-order valence-electron chi connectivity index (χ4n) is 4.12. The summed E-state index contributed by atoms with van der Waals surface area (Å²) in [6, 6.07) is 6.21. The van der Waals surface area contributed by atoms with E-state index in [4.69, 9.17) is 4.99 Å². The molecule has 2 aromatic heterocycles. The van der Waals surface area contributed by atoms with Crippen molar-refractivity contribution in [3.8, 4) is 0 Å². The zero-order valence-electron chi connectivity index (χ0n) is 18.5. The van der Waals surface area contributed by atoms with E-state index in [0.717, 1.165) is 90.3 Å². The molecule has 2 aliphatic heterocycles. The maximum atomic E-state index is 4.93. The van der Waals surface area contributed by atoms with Crippen LogP contribution in [0, 0.1) is 0 Å². The minimum Gasteiger partial charge on any atom is -0.360 e. The van der Waals surface area contributed by atoms with E-state index in [0.29, 0.717) is 0 Å². The Morgan fingerprint density at radius 3 is 2.42 bits per heavy atom. The monoisotopic (exact) mass is 442 g/mol. The molecule has 9 heteroatoms. The third-order valence-electron chi connectivity index (χ3n) is 5.83. The molecule has 168 valence electrons. The Labute approximate surface area is 189 Å². The van der Waals surface area contributed by atoms with Crippen LogP contribution < -0.4 is 15.1 Å². The molecule has 0 aromatic carbocycles. The van der Waals surface area contributed by atoms with Gasteiger partial charge in [-0.1, -0.05) is 0 Å². The summed E-state index contributed by atoms with van der Waals surface area (Å²) in [5.41, 5.74) is 0. The van der Waals surface area contributed by atoms with Crippen LogP contribution in [-0.4, -0.2) is 97.7 Å². The highest BCUT2D eigenvalue weighted by Gasteiger charge is 2.21. The lowest BCUT2D eigenvalue weighted by molar-refractivity contribution is 0.255. The van der Waals surface area contributed by atoms with Crippen LogP contribution in [0.25, 0.3) is 0 Å². The number of rotatable bonds is 7. The van der Waals surface area contributed by atoms with Gasteiger partial charge in [-0.05, 0) is 36.9 Å². The lowest BCUT2D eigenvalue weighted by Gasteiger charge is -2.37. The maximum Gasteiger partial charge on any atom is 0.225 e. The van der Waals surface area contributed by atoms with Crippen molar-refractivity contribution in [1.82, 2.24) is 25.1 Å². The fourth-order valence-corrected chi connectivity index (χ4v) is 4.90. The van der Waals surface area contributed by atoms with Crippen molar-refractivity contribution in [2.45, 2.75) is 13.3 Å². The lowest BCUT2D eigenvalue weighted by atomic mass is 10.3. The first-order valence-electron chi connectivity index (χ1n) is 11.4. The first-order valence-corrected chi connectivity index (χ1v) is 12.3. The summed E-state index contributed by atoms with van der Waals surface area (Å²) in [5.74, 6) is 1.92. The molecule has 1 N–H and O–H groups in total. The lowest BCUT2D eigenvalue weighted by Crippen LogP contribution is -2.52. The van der Waals surface area contributed by atoms with Crippen LogP contribution >= 0.6 is 11.3 Å². The SMILES string of the molecule is CCNC(=NCCCN1CCN(c2ncccn2)CC1)N1CCN(c2cccs2)CC1. The first-order chi connectivity index (χ1) is 15.3. The number of guanidine groups is 1. The second kappa shape index (κ2) is 11.3. The van der Waals surface area contributed by atoms with Gasteiger partial charge < -0.3 is 20.0 Å². The molecule has 0 radical (unpaired) electrons. The van der Waals surface area contributed by atoms with Crippen LogP contribution in [-0.2, 0) is 0 Å². The third kappa shape index (κ3) is 6.07. The zero-order chi connectivity index (χ0) is 21.3. The Hall–Kier alpha value is -2.39. The van der Waals surface area contributed by atoms with Crippen molar-refractivity contribution in [3.05, 3.63) is 36.0 Å². The quantitative estimate of drug-likeness (QED) is 0.399. The van der Waals surface area contributed by atoms with Gasteiger partial charge in [0.2, 0.25) is 5.95 Å². The van der Waals surface area contributed by atoms with E-state index < -0.39 is 0 Å². The number of hydrogen-bond acceptors (Lipinski definition) is 7. The molecule has 2 aliphatic rings. The molecular formula is C22H34N8S. The normalized spacial score (nSPS) is 18.5. The highest BCUT2D eigenvalue weighted by molar-refractivity contribution is 7.14. The summed E-state index contributed by atoms with van der Waals surface area (Å²) in [7, 11) is 0. The van der Waals surface area contributed by atoms with Gasteiger partial charge in [0.05, 0.1) is 5.00 Å². The van der Waals surface area contributed by atoms with Gasteiger partial charge in [0.1, 0.15) is 0 Å². The highest BCUT2D eigenvalue weighted by Crippen LogP contribution is 2.22. The smallest absolute Gasteiger partial charge is 0.225 e. The number of hydrogen-bond donors (Lipinski definition) is 1. The molecule has 0 unspecified atom stereocenters. The Balaban J connectivity index is 1.18. The molecule has 0 spiro atoms. The van der Waals surface area contributed by atoms with Crippen LogP contribution in [0.3, 0.4) is 0 Å². The molecule has 4 rings (SSSR count). The third-order valence-corrected chi connectivity index (χ3v) is 6.76.